The Morgan fingerprint density at radius 2 is 0.960 bits per heavy atom. The molecular formula is C62H94N14O22S. The number of unbranched alkanes of at least 4 members (excludes halogenated alkanes) is 1. The number of hydrogen-bond acceptors (Lipinski definition) is 23. The number of thioether (sulfide) groups is 1. The normalized spacial score (nSPS) is 17.3. The molecule has 1 heterocycles. The van der Waals surface area contributed by atoms with Crippen LogP contribution in [-0.4, -0.2) is 257 Å². The summed E-state index contributed by atoms with van der Waals surface area (Å²) in [5, 5.41) is 105. The van der Waals surface area contributed by atoms with Gasteiger partial charge in [0.25, 0.3) is 0 Å². The summed E-state index contributed by atoms with van der Waals surface area (Å²) in [7, 11) is 0. The highest BCUT2D eigenvalue weighted by Crippen LogP contribution is 2.20. The van der Waals surface area contributed by atoms with Crippen molar-refractivity contribution in [2.24, 2.45) is 17.2 Å². The third kappa shape index (κ3) is 28.0. The molecule has 99 heavy (non-hydrogen) atoms. The Bertz CT molecular complexity index is 3090. The summed E-state index contributed by atoms with van der Waals surface area (Å²) in [5.41, 5.74) is 17.6. The molecule has 0 spiro atoms. The molecule has 0 saturated carbocycles. The molecule has 2 aromatic rings. The van der Waals surface area contributed by atoms with Crippen molar-refractivity contribution >= 4 is 94.6 Å². The Labute approximate surface area is 574 Å². The quantitative estimate of drug-likeness (QED) is 0.0274. The fraction of sp³-hybridized carbons (Fsp3) is 0.581. The van der Waals surface area contributed by atoms with Crippen LogP contribution < -0.4 is 70.4 Å². The SMILES string of the molecule is CSCC[C@H](NC(=O)[C@@H](NC(=O)[C@H](CCCCN)NC(=O)[C@@H]1CCCN1C(=O)[C@@H](N)[C@@H](C)O)[C@@H](C)O)C(=O)N[C@H](C(=O)N[C@@H](CCC(N)=O)C(=O)N[C@H](C(=O)N[C@@H](Cc1ccc(O)cc1)C(=O)N[C@@H](CC(=O)O)C(=O)N[C@@H](Cc1ccccc1)C(=O)N[C@@H](CO)C(=O)O)[C@@H](C)O)[C@@H](C)O. The van der Waals surface area contributed by atoms with Gasteiger partial charge in [-0.2, -0.15) is 11.8 Å². The van der Waals surface area contributed by atoms with Crippen molar-refractivity contribution in [1.29, 1.82) is 0 Å². The summed E-state index contributed by atoms with van der Waals surface area (Å²) in [6.45, 7) is 3.82. The number of phenolic OH excluding ortho intramolecular Hbond substituents is 1. The first-order chi connectivity index (χ1) is 46.6. The van der Waals surface area contributed by atoms with Crippen LogP contribution in [0, 0.1) is 0 Å². The van der Waals surface area contributed by atoms with Gasteiger partial charge in [0.2, 0.25) is 70.9 Å². The number of carbonyl (C=O) groups is 14. The zero-order chi connectivity index (χ0) is 74.4. The number of nitrogens with zero attached hydrogens (tertiary/aromatic N) is 1. The molecule has 0 aliphatic carbocycles. The number of primary amides is 1. The predicted octanol–water partition coefficient (Wildman–Crippen LogP) is -7.43. The summed E-state index contributed by atoms with van der Waals surface area (Å²) >= 11 is 1.22. The molecule has 1 aliphatic rings. The fourth-order valence-corrected chi connectivity index (χ4v) is 10.5. The van der Waals surface area contributed by atoms with E-state index in [9.17, 15) is 108 Å². The molecule has 2 aromatic carbocycles. The van der Waals surface area contributed by atoms with Gasteiger partial charge >= 0.3 is 11.9 Å². The number of benzene rings is 2. The first kappa shape index (κ1) is 84.1. The number of aromatic hydroxyl groups is 1. The minimum absolute atomic E-state index is 0.0207. The van der Waals surface area contributed by atoms with E-state index in [1.165, 1.54) is 47.9 Å². The van der Waals surface area contributed by atoms with Crippen LogP contribution in [0.2, 0.25) is 0 Å². The Morgan fingerprint density at radius 3 is 1.39 bits per heavy atom. The number of hydrogen-bond donors (Lipinski definition) is 21. The van der Waals surface area contributed by atoms with E-state index in [1.807, 2.05) is 0 Å². The number of likely N-dealkylation sites (tertiary alicyclic amines) is 1. The fourth-order valence-electron chi connectivity index (χ4n) is 10.1. The number of carboxylic acid groups (broad SMARTS) is 2. The minimum atomic E-state index is -2.07. The van der Waals surface area contributed by atoms with Crippen molar-refractivity contribution in [2.45, 2.75) is 195 Å². The Morgan fingerprint density at radius 1 is 0.535 bits per heavy atom. The van der Waals surface area contributed by atoms with Crippen molar-refractivity contribution in [2.75, 3.05) is 31.7 Å². The maximum atomic E-state index is 14.3. The molecule has 0 unspecified atom stereocenters. The third-order valence-electron chi connectivity index (χ3n) is 15.7. The van der Waals surface area contributed by atoms with Gasteiger partial charge in [0, 0.05) is 25.8 Å². The number of aliphatic hydroxyl groups excluding tert-OH is 5. The second-order valence-corrected chi connectivity index (χ2v) is 24.8. The van der Waals surface area contributed by atoms with Crippen LogP contribution in [0.4, 0.5) is 0 Å². The number of rotatable bonds is 43. The van der Waals surface area contributed by atoms with Crippen LogP contribution in [0.1, 0.15) is 96.6 Å². The Balaban J connectivity index is 1.91. The molecule has 36 nitrogen and oxygen atoms in total. The third-order valence-corrected chi connectivity index (χ3v) is 16.3. The Kier molecular flexibility index (Phi) is 35.7. The van der Waals surface area contributed by atoms with Crippen molar-refractivity contribution in [3.63, 3.8) is 0 Å². The lowest BCUT2D eigenvalue weighted by molar-refractivity contribution is -0.144. The molecule has 0 aromatic heterocycles. The predicted molar refractivity (Wildman–Crippen MR) is 352 cm³/mol. The molecule has 0 bridgehead atoms. The molecular weight excluding hydrogens is 1320 g/mol. The van der Waals surface area contributed by atoms with E-state index in [2.05, 4.69) is 53.2 Å². The zero-order valence-corrected chi connectivity index (χ0v) is 56.2. The van der Waals surface area contributed by atoms with E-state index >= 15 is 0 Å². The van der Waals surface area contributed by atoms with Crippen LogP contribution in [-0.2, 0) is 80.0 Å². The summed E-state index contributed by atoms with van der Waals surface area (Å²) < 4.78 is 0. The molecule has 1 saturated heterocycles. The number of aliphatic carboxylic acids is 2. The van der Waals surface area contributed by atoms with E-state index in [4.69, 9.17) is 17.2 Å². The molecule has 37 heteroatoms. The summed E-state index contributed by atoms with van der Waals surface area (Å²) in [6.07, 6.45) is -7.08. The minimum Gasteiger partial charge on any atom is -0.508 e. The first-order valence-corrected chi connectivity index (χ1v) is 33.2. The molecule has 1 fully saturated rings. The van der Waals surface area contributed by atoms with E-state index in [0.29, 0.717) is 24.8 Å². The molecule has 24 N–H and O–H groups in total. The summed E-state index contributed by atoms with van der Waals surface area (Å²) in [5.74, 6) is -16.7. The molecule has 16 atom stereocenters. The standard InChI is InChI=1S/C62H94N14O22S/c1-30(78)47(65)61(96)76-24-11-15-44(76)57(92)66-37(14-9-10-23-63)51(86)73-49(32(3)80)59(94)68-39(22-25-99-5)53(88)75-48(31(2)79)58(93)67-38(20-21-45(64)83)52(87)74-50(33(4)81)60(95)71-41(27-35-16-18-36(82)19-17-35)54(89)70-42(28-46(84)85)56(91)69-40(26-34-12-7-6-8-13-34)55(90)72-43(29-77)62(97)98/h6-8,12-13,16-19,30-33,37-44,47-50,77-82H,9-11,14-15,20-29,63,65H2,1-5H3,(H2,64,83)(H,66,92)(H,67,93)(H,68,94)(H,69,91)(H,70,89)(H,71,95)(H,72,90)(H,73,86)(H,74,87)(H,75,88)(H,84,85)(H,97,98)/t30-,31-,32-,33-,37+,38+,39+,40+,41+,42+,43+,44+,47+,48+,49+,50+/m1/s1. The van der Waals surface area contributed by atoms with Gasteiger partial charge in [-0.1, -0.05) is 42.5 Å². The molecule has 12 amide bonds. The molecule has 0 radical (unpaired) electrons. The number of phenols is 1. The zero-order valence-electron chi connectivity index (χ0n) is 55.4. The molecule has 3 rings (SSSR count). The van der Waals surface area contributed by atoms with Crippen LogP contribution in [0.3, 0.4) is 0 Å². The van der Waals surface area contributed by atoms with Gasteiger partial charge < -0.3 is 116 Å². The van der Waals surface area contributed by atoms with Crippen molar-refractivity contribution in [1.82, 2.24) is 58.1 Å². The van der Waals surface area contributed by atoms with Crippen LogP contribution in [0.25, 0.3) is 0 Å². The van der Waals surface area contributed by atoms with E-state index in [0.717, 1.165) is 20.8 Å². The maximum Gasteiger partial charge on any atom is 0.328 e. The number of nitrogens with one attached hydrogen (secondary N) is 10. The maximum absolute atomic E-state index is 14.3. The highest BCUT2D eigenvalue weighted by molar-refractivity contribution is 7.98. The van der Waals surface area contributed by atoms with Crippen molar-refractivity contribution in [3.05, 3.63) is 65.7 Å². The second kappa shape index (κ2) is 42.0. The first-order valence-electron chi connectivity index (χ1n) is 31.8. The van der Waals surface area contributed by atoms with E-state index < -0.39 is 212 Å². The summed E-state index contributed by atoms with van der Waals surface area (Å²) in [4.78, 5) is 191. The average molecular weight is 1420 g/mol. The second-order valence-electron chi connectivity index (χ2n) is 23.8. The smallest absolute Gasteiger partial charge is 0.328 e. The highest BCUT2D eigenvalue weighted by Gasteiger charge is 2.42. The topological polar surface area (TPSA) is 602 Å². The molecule has 1 aliphatic heterocycles. The van der Waals surface area contributed by atoms with Gasteiger partial charge in [-0.15, -0.1) is 0 Å². The van der Waals surface area contributed by atoms with Crippen LogP contribution >= 0.6 is 11.8 Å². The van der Waals surface area contributed by atoms with Gasteiger partial charge in [-0.3, -0.25) is 62.3 Å². The van der Waals surface area contributed by atoms with Crippen LogP contribution in [0.5, 0.6) is 5.75 Å². The van der Waals surface area contributed by atoms with Crippen molar-refractivity contribution in [3.8, 4) is 5.75 Å². The van der Waals surface area contributed by atoms with Gasteiger partial charge in [0.1, 0.15) is 78.3 Å². The lowest BCUT2D eigenvalue weighted by Crippen LogP contribution is -2.63. The molecule has 550 valence electrons. The monoisotopic (exact) mass is 1420 g/mol. The number of amides is 12. The van der Waals surface area contributed by atoms with Gasteiger partial charge in [-0.25, -0.2) is 4.79 Å². The number of carbonyl (C=O) groups excluding carboxylic acids is 12. The lowest BCUT2D eigenvalue weighted by atomic mass is 10.0. The van der Waals surface area contributed by atoms with Gasteiger partial charge in [0.05, 0.1) is 37.4 Å². The van der Waals surface area contributed by atoms with Gasteiger partial charge in [0.15, 0.2) is 0 Å². The Hall–Kier alpha value is -9.11. The number of nitrogens with two attached hydrogens (primary N) is 3. The van der Waals surface area contributed by atoms with E-state index in [1.54, 1.807) is 36.6 Å². The van der Waals surface area contributed by atoms with Gasteiger partial charge in [-0.05, 0) is 114 Å². The largest absolute Gasteiger partial charge is 0.508 e. The lowest BCUT2D eigenvalue weighted by Gasteiger charge is -2.30. The van der Waals surface area contributed by atoms with E-state index in [-0.39, 0.29) is 55.8 Å². The number of aliphatic hydroxyl groups is 5. The highest BCUT2D eigenvalue weighted by atomic mass is 32.2. The summed E-state index contributed by atoms with van der Waals surface area (Å²) in [6, 6.07) is -7.57. The average Bonchev–Trinajstić information content (AvgIpc) is 1.80. The van der Waals surface area contributed by atoms with Crippen LogP contribution in [0.15, 0.2) is 54.6 Å². The van der Waals surface area contributed by atoms with Crippen molar-refractivity contribution < 1.29 is 108 Å². The number of carboxylic acids is 2.